The molecule has 7 heteroatoms. The van der Waals surface area contributed by atoms with Gasteiger partial charge in [-0.3, -0.25) is 0 Å². The first-order chi connectivity index (χ1) is 9.69. The monoisotopic (exact) mass is 296 g/mol. The molecular weight excluding hydrogens is 276 g/mol. The van der Waals surface area contributed by atoms with Gasteiger partial charge in [0.05, 0.1) is 17.8 Å². The zero-order chi connectivity index (χ0) is 16.0. The highest BCUT2D eigenvalue weighted by molar-refractivity contribution is 5.90. The molecule has 3 N–H and O–H groups in total. The normalized spacial score (nSPS) is 10.9. The standard InChI is InChI=1S/C14H20N2O5/c1-14(2,20)9-16(3)13(19)15-10-6-4-5-7-11(10)21-8-12(17)18/h4-7,20H,8-9H2,1-3H3,(H,15,19)(H,17,18). The maximum absolute atomic E-state index is 12.0. The van der Waals surface area contributed by atoms with Crippen LogP contribution in [0.1, 0.15) is 13.8 Å². The first-order valence-electron chi connectivity index (χ1n) is 6.37. The molecule has 0 heterocycles. The lowest BCUT2D eigenvalue weighted by Gasteiger charge is -2.26. The van der Waals surface area contributed by atoms with E-state index in [4.69, 9.17) is 9.84 Å². The first-order valence-corrected chi connectivity index (χ1v) is 6.37. The Morgan fingerprint density at radius 2 is 1.95 bits per heavy atom. The van der Waals surface area contributed by atoms with E-state index in [1.807, 2.05) is 0 Å². The number of aliphatic carboxylic acids is 1. The number of benzene rings is 1. The molecule has 0 aromatic heterocycles. The Kier molecular flexibility index (Phi) is 5.54. The van der Waals surface area contributed by atoms with E-state index in [9.17, 15) is 14.7 Å². The predicted octanol–water partition coefficient (Wildman–Crippen LogP) is 1.38. The van der Waals surface area contributed by atoms with Crippen molar-refractivity contribution in [3.05, 3.63) is 24.3 Å². The van der Waals surface area contributed by atoms with E-state index in [-0.39, 0.29) is 12.3 Å². The maximum Gasteiger partial charge on any atom is 0.341 e. The molecule has 0 aliphatic rings. The Labute approximate surface area is 123 Å². The SMILES string of the molecule is CN(CC(C)(C)O)C(=O)Nc1ccccc1OCC(=O)O. The minimum absolute atomic E-state index is 0.150. The first kappa shape index (κ1) is 16.8. The molecule has 0 saturated heterocycles. The second-order valence-corrected chi connectivity index (χ2v) is 5.28. The topological polar surface area (TPSA) is 99.1 Å². The average molecular weight is 296 g/mol. The van der Waals surface area contributed by atoms with E-state index in [0.717, 1.165) is 0 Å². The van der Waals surface area contributed by atoms with Crippen LogP contribution in [0.3, 0.4) is 0 Å². The van der Waals surface area contributed by atoms with E-state index in [2.05, 4.69) is 5.32 Å². The Morgan fingerprint density at radius 3 is 2.52 bits per heavy atom. The zero-order valence-corrected chi connectivity index (χ0v) is 12.3. The van der Waals surface area contributed by atoms with Gasteiger partial charge in [-0.05, 0) is 26.0 Å². The summed E-state index contributed by atoms with van der Waals surface area (Å²) in [5.74, 6) is -0.833. The van der Waals surface area contributed by atoms with Crippen molar-refractivity contribution in [3.63, 3.8) is 0 Å². The Hall–Kier alpha value is -2.28. The van der Waals surface area contributed by atoms with Crippen molar-refractivity contribution in [2.24, 2.45) is 0 Å². The zero-order valence-electron chi connectivity index (χ0n) is 12.3. The number of carboxylic acids is 1. The number of carbonyl (C=O) groups excluding carboxylic acids is 1. The van der Waals surface area contributed by atoms with Crippen LogP contribution in [0.4, 0.5) is 10.5 Å². The molecule has 0 fully saturated rings. The Bertz CT molecular complexity index is 510. The summed E-state index contributed by atoms with van der Waals surface area (Å²) in [5, 5.41) is 20.9. The summed E-state index contributed by atoms with van der Waals surface area (Å²) in [5.41, 5.74) is -0.642. The molecule has 1 rings (SSSR count). The van der Waals surface area contributed by atoms with Crippen LogP contribution in [0.25, 0.3) is 0 Å². The van der Waals surface area contributed by atoms with Crippen LogP contribution in [-0.4, -0.2) is 52.9 Å². The summed E-state index contributed by atoms with van der Waals surface area (Å²) in [7, 11) is 1.55. The smallest absolute Gasteiger partial charge is 0.341 e. The summed E-state index contributed by atoms with van der Waals surface area (Å²) in [6.07, 6.45) is 0. The minimum Gasteiger partial charge on any atom is -0.480 e. The van der Waals surface area contributed by atoms with Crippen LogP contribution in [-0.2, 0) is 4.79 Å². The van der Waals surface area contributed by atoms with Crippen molar-refractivity contribution >= 4 is 17.7 Å². The van der Waals surface area contributed by atoms with E-state index < -0.39 is 24.2 Å². The molecule has 0 aliphatic carbocycles. The number of amides is 2. The fourth-order valence-corrected chi connectivity index (χ4v) is 1.70. The largest absolute Gasteiger partial charge is 0.480 e. The maximum atomic E-state index is 12.0. The molecule has 0 atom stereocenters. The number of nitrogens with zero attached hydrogens (tertiary/aromatic N) is 1. The third-order valence-corrected chi connectivity index (χ3v) is 2.45. The summed E-state index contributed by atoms with van der Waals surface area (Å²) < 4.78 is 5.10. The second kappa shape index (κ2) is 6.94. The average Bonchev–Trinajstić information content (AvgIpc) is 2.35. The van der Waals surface area contributed by atoms with E-state index >= 15 is 0 Å². The van der Waals surface area contributed by atoms with E-state index in [1.54, 1.807) is 45.2 Å². The fourth-order valence-electron chi connectivity index (χ4n) is 1.70. The van der Waals surface area contributed by atoms with E-state index in [0.29, 0.717) is 5.69 Å². The lowest BCUT2D eigenvalue weighted by molar-refractivity contribution is -0.139. The van der Waals surface area contributed by atoms with Gasteiger partial charge in [0.25, 0.3) is 0 Å². The molecule has 0 bridgehead atoms. The third kappa shape index (κ3) is 6.13. The lowest BCUT2D eigenvalue weighted by atomic mass is 10.1. The molecule has 0 radical (unpaired) electrons. The van der Waals surface area contributed by atoms with Gasteiger partial charge in [-0.25, -0.2) is 9.59 Å². The summed E-state index contributed by atoms with van der Waals surface area (Å²) in [4.78, 5) is 23.9. The van der Waals surface area contributed by atoms with Gasteiger partial charge in [0.1, 0.15) is 5.75 Å². The number of rotatable bonds is 6. The van der Waals surface area contributed by atoms with Crippen molar-refractivity contribution in [2.75, 3.05) is 25.5 Å². The number of likely N-dealkylation sites (N-methyl/N-ethyl adjacent to an activating group) is 1. The van der Waals surface area contributed by atoms with Crippen LogP contribution in [0.2, 0.25) is 0 Å². The van der Waals surface area contributed by atoms with Gasteiger partial charge in [-0.2, -0.15) is 0 Å². The van der Waals surface area contributed by atoms with Crippen LogP contribution < -0.4 is 10.1 Å². The lowest BCUT2D eigenvalue weighted by Crippen LogP contribution is -2.41. The number of hydrogen-bond acceptors (Lipinski definition) is 4. The molecule has 0 unspecified atom stereocenters. The molecule has 1 aromatic carbocycles. The summed E-state index contributed by atoms with van der Waals surface area (Å²) >= 11 is 0. The number of carbonyl (C=O) groups is 2. The van der Waals surface area contributed by atoms with E-state index in [1.165, 1.54) is 4.90 Å². The van der Waals surface area contributed by atoms with Crippen LogP contribution >= 0.6 is 0 Å². The van der Waals surface area contributed by atoms with Gasteiger partial charge >= 0.3 is 12.0 Å². The number of carboxylic acid groups (broad SMARTS) is 1. The van der Waals surface area contributed by atoms with Crippen molar-refractivity contribution in [3.8, 4) is 5.75 Å². The highest BCUT2D eigenvalue weighted by Crippen LogP contribution is 2.24. The number of nitrogens with one attached hydrogen (secondary N) is 1. The molecule has 7 nitrogen and oxygen atoms in total. The summed E-state index contributed by atoms with van der Waals surface area (Å²) in [6.45, 7) is 2.85. The molecule has 116 valence electrons. The quantitative estimate of drug-likeness (QED) is 0.736. The third-order valence-electron chi connectivity index (χ3n) is 2.45. The van der Waals surface area contributed by atoms with Crippen LogP contribution in [0, 0.1) is 0 Å². The van der Waals surface area contributed by atoms with Gasteiger partial charge in [0.15, 0.2) is 6.61 Å². The number of urea groups is 1. The molecule has 1 aromatic rings. The van der Waals surface area contributed by atoms with Crippen molar-refractivity contribution in [2.45, 2.75) is 19.4 Å². The molecule has 21 heavy (non-hydrogen) atoms. The second-order valence-electron chi connectivity index (χ2n) is 5.28. The van der Waals surface area contributed by atoms with Crippen molar-refractivity contribution in [1.29, 1.82) is 0 Å². The highest BCUT2D eigenvalue weighted by atomic mass is 16.5. The fraction of sp³-hybridized carbons (Fsp3) is 0.429. The van der Waals surface area contributed by atoms with Gasteiger partial charge in [0, 0.05) is 7.05 Å². The molecule has 0 saturated carbocycles. The number of para-hydroxylation sites is 2. The predicted molar refractivity (Wildman–Crippen MR) is 77.5 cm³/mol. The molecule has 2 amide bonds. The molecule has 0 aliphatic heterocycles. The number of hydrogen-bond donors (Lipinski definition) is 3. The van der Waals surface area contributed by atoms with Gasteiger partial charge in [0.2, 0.25) is 0 Å². The van der Waals surface area contributed by atoms with Crippen LogP contribution in [0.15, 0.2) is 24.3 Å². The highest BCUT2D eigenvalue weighted by Gasteiger charge is 2.20. The van der Waals surface area contributed by atoms with Gasteiger partial charge in [-0.1, -0.05) is 12.1 Å². The van der Waals surface area contributed by atoms with Crippen molar-refractivity contribution < 1.29 is 24.5 Å². The number of ether oxygens (including phenoxy) is 1. The van der Waals surface area contributed by atoms with Gasteiger partial charge in [-0.15, -0.1) is 0 Å². The number of aliphatic hydroxyl groups is 1. The molecular formula is C14H20N2O5. The number of anilines is 1. The Balaban J connectivity index is 2.73. The Morgan fingerprint density at radius 1 is 1.33 bits per heavy atom. The van der Waals surface area contributed by atoms with Crippen molar-refractivity contribution in [1.82, 2.24) is 4.90 Å². The summed E-state index contributed by atoms with van der Waals surface area (Å²) in [6, 6.07) is 6.11. The minimum atomic E-state index is -1.10. The van der Waals surface area contributed by atoms with Crippen LogP contribution in [0.5, 0.6) is 5.75 Å². The molecule has 0 spiro atoms. The van der Waals surface area contributed by atoms with Gasteiger partial charge < -0.3 is 25.2 Å².